The summed E-state index contributed by atoms with van der Waals surface area (Å²) in [6.45, 7) is 4.88. The molecule has 10 nitrogen and oxygen atoms in total. The minimum atomic E-state index is -1.16. The number of thiophene rings is 1. The minimum absolute atomic E-state index is 0.0587. The molecule has 0 radical (unpaired) electrons. The number of rotatable bonds is 8. The van der Waals surface area contributed by atoms with Gasteiger partial charge in [0.15, 0.2) is 0 Å². The van der Waals surface area contributed by atoms with Crippen molar-refractivity contribution in [2.45, 2.75) is 27.3 Å². The topological polar surface area (TPSA) is 137 Å². The van der Waals surface area contributed by atoms with Crippen LogP contribution in [0.4, 0.5) is 5.00 Å². The van der Waals surface area contributed by atoms with Gasteiger partial charge in [-0.2, -0.15) is 5.10 Å². The summed E-state index contributed by atoms with van der Waals surface area (Å²) in [6.07, 6.45) is 2.33. The molecule has 0 spiro atoms. The second-order valence-corrected chi connectivity index (χ2v) is 6.50. The predicted octanol–water partition coefficient (Wildman–Crippen LogP) is 1.94. The van der Waals surface area contributed by atoms with Crippen LogP contribution in [0.2, 0.25) is 0 Å². The number of aromatic carboxylic acids is 1. The SMILES string of the molecule is CCOC(=O)c1sc(NC(=O)Cn2cc(C(=O)O)cn2)c(C(=O)OCC)c1C. The average Bonchev–Trinajstić information content (AvgIpc) is 3.20. The molecule has 0 saturated heterocycles. The maximum absolute atomic E-state index is 12.3. The lowest BCUT2D eigenvalue weighted by molar-refractivity contribution is -0.116. The van der Waals surface area contributed by atoms with E-state index in [2.05, 4.69) is 10.4 Å². The van der Waals surface area contributed by atoms with Gasteiger partial charge in [0.05, 0.1) is 30.5 Å². The van der Waals surface area contributed by atoms with E-state index in [1.54, 1.807) is 20.8 Å². The summed E-state index contributed by atoms with van der Waals surface area (Å²) >= 11 is 0.906. The third-order valence-electron chi connectivity index (χ3n) is 3.53. The first kappa shape index (κ1) is 21.1. The van der Waals surface area contributed by atoms with Gasteiger partial charge in [0.1, 0.15) is 16.4 Å². The molecule has 0 atom stereocenters. The number of ether oxygens (including phenoxy) is 2. The van der Waals surface area contributed by atoms with Crippen molar-refractivity contribution in [3.63, 3.8) is 0 Å². The quantitative estimate of drug-likeness (QED) is 0.631. The molecule has 0 bridgehead atoms. The lowest BCUT2D eigenvalue weighted by Gasteiger charge is -2.07. The van der Waals surface area contributed by atoms with Gasteiger partial charge in [0.2, 0.25) is 5.91 Å². The van der Waals surface area contributed by atoms with Crippen LogP contribution in [0.5, 0.6) is 0 Å². The smallest absolute Gasteiger partial charge is 0.348 e. The Bertz CT molecular complexity index is 916. The normalized spacial score (nSPS) is 10.4. The number of hydrogen-bond acceptors (Lipinski definition) is 8. The van der Waals surface area contributed by atoms with Crippen LogP contribution in [0.1, 0.15) is 49.8 Å². The fraction of sp³-hybridized carbons (Fsp3) is 0.353. The second-order valence-electron chi connectivity index (χ2n) is 5.48. The molecule has 2 aromatic heterocycles. The number of carbonyl (C=O) groups excluding carboxylic acids is 3. The molecule has 2 rings (SSSR count). The summed E-state index contributed by atoms with van der Waals surface area (Å²) in [4.78, 5) is 47.8. The number of carbonyl (C=O) groups is 4. The molecule has 0 unspecified atom stereocenters. The predicted molar refractivity (Wildman–Crippen MR) is 98.8 cm³/mol. The molecule has 0 fully saturated rings. The summed E-state index contributed by atoms with van der Waals surface area (Å²) in [7, 11) is 0. The van der Waals surface area contributed by atoms with Crippen LogP contribution in [0.15, 0.2) is 12.4 Å². The number of nitrogens with zero attached hydrogens (tertiary/aromatic N) is 2. The van der Waals surface area contributed by atoms with E-state index in [9.17, 15) is 19.2 Å². The Morgan fingerprint density at radius 3 is 2.39 bits per heavy atom. The van der Waals surface area contributed by atoms with Crippen LogP contribution in [0, 0.1) is 6.92 Å². The Labute approximate surface area is 164 Å². The van der Waals surface area contributed by atoms with Gasteiger partial charge < -0.3 is 19.9 Å². The van der Waals surface area contributed by atoms with Crippen molar-refractivity contribution in [3.05, 3.63) is 34.0 Å². The van der Waals surface area contributed by atoms with Crippen molar-refractivity contribution in [2.24, 2.45) is 0 Å². The number of anilines is 1. The zero-order chi connectivity index (χ0) is 20.8. The average molecular weight is 409 g/mol. The summed E-state index contributed by atoms with van der Waals surface area (Å²) in [6, 6.07) is 0. The highest BCUT2D eigenvalue weighted by Gasteiger charge is 2.27. The van der Waals surface area contributed by atoms with Gasteiger partial charge >= 0.3 is 17.9 Å². The van der Waals surface area contributed by atoms with Crippen LogP contribution >= 0.6 is 11.3 Å². The number of hydrogen-bond donors (Lipinski definition) is 2. The maximum atomic E-state index is 12.3. The van der Waals surface area contributed by atoms with E-state index in [0.29, 0.717) is 5.56 Å². The Hall–Kier alpha value is -3.21. The molecule has 0 saturated carbocycles. The van der Waals surface area contributed by atoms with Crippen molar-refractivity contribution in [3.8, 4) is 0 Å². The van der Waals surface area contributed by atoms with E-state index in [-0.39, 0.29) is 40.8 Å². The van der Waals surface area contributed by atoms with Gasteiger partial charge in [0.25, 0.3) is 0 Å². The van der Waals surface area contributed by atoms with Crippen LogP contribution in [-0.2, 0) is 20.8 Å². The molecule has 11 heteroatoms. The summed E-state index contributed by atoms with van der Waals surface area (Å²) in [5.74, 6) is -2.99. The Morgan fingerprint density at radius 1 is 1.18 bits per heavy atom. The van der Waals surface area contributed by atoms with E-state index >= 15 is 0 Å². The summed E-state index contributed by atoms with van der Waals surface area (Å²) in [5.41, 5.74) is 0.371. The molecule has 0 aliphatic heterocycles. The van der Waals surface area contributed by atoms with Crippen molar-refractivity contribution >= 4 is 40.2 Å². The molecular weight excluding hydrogens is 390 g/mol. The first-order valence-corrected chi connectivity index (χ1v) is 9.13. The van der Waals surface area contributed by atoms with Crippen molar-refractivity contribution < 1.29 is 33.8 Å². The zero-order valence-corrected chi connectivity index (χ0v) is 16.3. The molecular formula is C17H19N3O7S. The highest BCUT2D eigenvalue weighted by molar-refractivity contribution is 7.18. The standard InChI is InChI=1S/C17H19N3O7S/c1-4-26-16(24)12-9(3)13(17(25)27-5-2)28-14(12)19-11(21)8-20-7-10(6-18-20)15(22)23/h6-7H,4-5,8H2,1-3H3,(H,19,21)(H,22,23). The highest BCUT2D eigenvalue weighted by Crippen LogP contribution is 2.34. The number of nitrogens with one attached hydrogen (secondary N) is 1. The Balaban J connectivity index is 2.27. The molecule has 1 amide bonds. The summed E-state index contributed by atoms with van der Waals surface area (Å²) < 4.78 is 11.1. The maximum Gasteiger partial charge on any atom is 0.348 e. The van der Waals surface area contributed by atoms with Crippen LogP contribution in [0.25, 0.3) is 0 Å². The van der Waals surface area contributed by atoms with E-state index in [0.717, 1.165) is 22.2 Å². The minimum Gasteiger partial charge on any atom is -0.478 e. The molecule has 0 aliphatic carbocycles. The molecule has 0 aromatic carbocycles. The summed E-state index contributed by atoms with van der Waals surface area (Å²) in [5, 5.41) is 15.4. The first-order valence-electron chi connectivity index (χ1n) is 8.31. The van der Waals surface area contributed by atoms with Crippen molar-refractivity contribution in [1.82, 2.24) is 9.78 Å². The number of amides is 1. The van der Waals surface area contributed by atoms with Gasteiger partial charge in [-0.15, -0.1) is 11.3 Å². The first-order chi connectivity index (χ1) is 13.3. The monoisotopic (exact) mass is 409 g/mol. The highest BCUT2D eigenvalue weighted by atomic mass is 32.1. The molecule has 150 valence electrons. The zero-order valence-electron chi connectivity index (χ0n) is 15.5. The fourth-order valence-corrected chi connectivity index (χ4v) is 3.42. The van der Waals surface area contributed by atoms with E-state index in [1.807, 2.05) is 0 Å². The molecule has 28 heavy (non-hydrogen) atoms. The van der Waals surface area contributed by atoms with Gasteiger partial charge in [-0.05, 0) is 26.3 Å². The van der Waals surface area contributed by atoms with Gasteiger partial charge in [-0.1, -0.05) is 0 Å². The van der Waals surface area contributed by atoms with E-state index in [1.165, 1.54) is 6.20 Å². The number of aromatic nitrogens is 2. The van der Waals surface area contributed by atoms with E-state index in [4.69, 9.17) is 14.6 Å². The molecule has 2 N–H and O–H groups in total. The number of esters is 2. The van der Waals surface area contributed by atoms with Crippen LogP contribution in [0.3, 0.4) is 0 Å². The van der Waals surface area contributed by atoms with Crippen molar-refractivity contribution in [2.75, 3.05) is 18.5 Å². The van der Waals surface area contributed by atoms with Crippen molar-refractivity contribution in [1.29, 1.82) is 0 Å². The fourth-order valence-electron chi connectivity index (χ4n) is 2.32. The lowest BCUT2D eigenvalue weighted by atomic mass is 10.1. The molecule has 2 heterocycles. The van der Waals surface area contributed by atoms with Gasteiger partial charge in [-0.3, -0.25) is 9.48 Å². The van der Waals surface area contributed by atoms with E-state index < -0.39 is 23.8 Å². The lowest BCUT2D eigenvalue weighted by Crippen LogP contribution is -2.20. The molecule has 0 aliphatic rings. The third kappa shape index (κ3) is 4.74. The number of carboxylic acids is 1. The molecule has 2 aromatic rings. The van der Waals surface area contributed by atoms with Crippen LogP contribution < -0.4 is 5.32 Å². The Kier molecular flexibility index (Phi) is 6.88. The number of carboxylic acid groups (broad SMARTS) is 1. The van der Waals surface area contributed by atoms with Gasteiger partial charge in [-0.25, -0.2) is 14.4 Å². The Morgan fingerprint density at radius 2 is 1.82 bits per heavy atom. The largest absolute Gasteiger partial charge is 0.478 e. The van der Waals surface area contributed by atoms with Crippen LogP contribution in [-0.4, -0.2) is 51.9 Å². The van der Waals surface area contributed by atoms with Gasteiger partial charge in [0, 0.05) is 6.20 Å². The second kappa shape index (κ2) is 9.13. The third-order valence-corrected chi connectivity index (χ3v) is 4.71.